The van der Waals surface area contributed by atoms with E-state index < -0.39 is 0 Å². The van der Waals surface area contributed by atoms with Crippen molar-refractivity contribution in [3.05, 3.63) is 64.5 Å². The lowest BCUT2D eigenvalue weighted by molar-refractivity contribution is 0.0950. The highest BCUT2D eigenvalue weighted by Crippen LogP contribution is 2.39. The Balaban J connectivity index is 1.40. The molecule has 1 saturated carbocycles. The number of hydrogen-bond donors (Lipinski definition) is 1. The molecule has 1 aliphatic carbocycles. The Morgan fingerprint density at radius 1 is 1.17 bits per heavy atom. The van der Waals surface area contributed by atoms with Crippen LogP contribution in [-0.2, 0) is 13.1 Å². The van der Waals surface area contributed by atoms with Crippen molar-refractivity contribution in [3.8, 4) is 0 Å². The minimum absolute atomic E-state index is 0.0204. The lowest BCUT2D eigenvalue weighted by atomic mass is 9.82. The summed E-state index contributed by atoms with van der Waals surface area (Å²) in [5.74, 6) is 1.71. The van der Waals surface area contributed by atoms with Gasteiger partial charge in [0, 0.05) is 30.9 Å². The van der Waals surface area contributed by atoms with E-state index in [4.69, 9.17) is 0 Å². The summed E-state index contributed by atoms with van der Waals surface area (Å²) in [6, 6.07) is 10.8. The molecule has 30 heavy (non-hydrogen) atoms. The smallest absolute Gasteiger partial charge is 0.251 e. The van der Waals surface area contributed by atoms with Gasteiger partial charge in [0.25, 0.3) is 5.91 Å². The standard InChI is InChI=1S/C26H35N3O/c1-4-25-24-12-10-21(26(30)28-15-23-11-7-19(3)14-27-23)13-22(24)17-29(25)16-20-8-5-18(2)6-9-20/h7,10-14,18,20,25H,4-6,8-9,15-17H2,1-3H3,(H,28,30)/t18-,20-,25-/m1/s1. The lowest BCUT2D eigenvalue weighted by Gasteiger charge is -2.32. The highest BCUT2D eigenvalue weighted by Gasteiger charge is 2.31. The van der Waals surface area contributed by atoms with Crippen molar-refractivity contribution in [1.29, 1.82) is 0 Å². The van der Waals surface area contributed by atoms with Crippen LogP contribution < -0.4 is 5.32 Å². The first-order valence-corrected chi connectivity index (χ1v) is 11.6. The minimum Gasteiger partial charge on any atom is -0.346 e. The molecule has 4 nitrogen and oxygen atoms in total. The molecule has 2 aromatic rings. The molecular formula is C26H35N3O. The number of aryl methyl sites for hydroxylation is 1. The summed E-state index contributed by atoms with van der Waals surface area (Å²) in [5.41, 5.74) is 5.50. The van der Waals surface area contributed by atoms with Gasteiger partial charge in [-0.1, -0.05) is 38.8 Å². The van der Waals surface area contributed by atoms with E-state index in [1.165, 1.54) is 43.4 Å². The van der Waals surface area contributed by atoms with Crippen molar-refractivity contribution in [2.75, 3.05) is 6.54 Å². The Hall–Kier alpha value is -2.20. The third kappa shape index (κ3) is 4.75. The Morgan fingerprint density at radius 3 is 2.67 bits per heavy atom. The van der Waals surface area contributed by atoms with E-state index in [9.17, 15) is 4.79 Å². The predicted octanol–water partition coefficient (Wildman–Crippen LogP) is 5.41. The van der Waals surface area contributed by atoms with E-state index >= 15 is 0 Å². The monoisotopic (exact) mass is 405 g/mol. The number of carbonyl (C=O) groups excluding carboxylic acids is 1. The van der Waals surface area contributed by atoms with Gasteiger partial charge in [0.05, 0.1) is 12.2 Å². The summed E-state index contributed by atoms with van der Waals surface area (Å²) in [6.45, 7) is 9.31. The number of nitrogens with one attached hydrogen (secondary N) is 1. The Morgan fingerprint density at radius 2 is 1.97 bits per heavy atom. The summed E-state index contributed by atoms with van der Waals surface area (Å²) in [7, 11) is 0. The number of rotatable bonds is 6. The first-order chi connectivity index (χ1) is 14.5. The molecule has 1 atom stereocenters. The fourth-order valence-corrected chi connectivity index (χ4v) is 5.12. The van der Waals surface area contributed by atoms with Gasteiger partial charge in [-0.15, -0.1) is 0 Å². The number of benzene rings is 1. The molecule has 2 aliphatic rings. The molecule has 1 fully saturated rings. The molecule has 1 aromatic carbocycles. The average Bonchev–Trinajstić information content (AvgIpc) is 3.10. The number of hydrogen-bond acceptors (Lipinski definition) is 3. The molecule has 2 heterocycles. The van der Waals surface area contributed by atoms with Gasteiger partial charge in [-0.25, -0.2) is 0 Å². The predicted molar refractivity (Wildman–Crippen MR) is 121 cm³/mol. The van der Waals surface area contributed by atoms with Crippen LogP contribution in [0.15, 0.2) is 36.5 Å². The second kappa shape index (κ2) is 9.30. The zero-order valence-corrected chi connectivity index (χ0v) is 18.7. The maximum atomic E-state index is 12.7. The van der Waals surface area contributed by atoms with E-state index in [0.29, 0.717) is 12.6 Å². The van der Waals surface area contributed by atoms with Crippen LogP contribution in [0.25, 0.3) is 0 Å². The Labute approximate surface area is 181 Å². The van der Waals surface area contributed by atoms with Gasteiger partial charge in [-0.05, 0) is 72.9 Å². The SMILES string of the molecule is CC[C@@H]1c2ccc(C(=O)NCc3ccc(C)cn3)cc2CN1C[C@H]1CC[C@H](C)CC1. The summed E-state index contributed by atoms with van der Waals surface area (Å²) in [5, 5.41) is 3.02. The summed E-state index contributed by atoms with van der Waals surface area (Å²) < 4.78 is 0. The van der Waals surface area contributed by atoms with Crippen molar-refractivity contribution in [1.82, 2.24) is 15.2 Å². The first kappa shape index (κ1) is 21.0. The van der Waals surface area contributed by atoms with E-state index in [0.717, 1.165) is 41.6 Å². The van der Waals surface area contributed by atoms with E-state index in [1.54, 1.807) is 0 Å². The van der Waals surface area contributed by atoms with Crippen LogP contribution >= 0.6 is 0 Å². The van der Waals surface area contributed by atoms with Crippen molar-refractivity contribution in [2.45, 2.75) is 72.0 Å². The van der Waals surface area contributed by atoms with Gasteiger partial charge in [-0.2, -0.15) is 0 Å². The molecule has 1 N–H and O–H groups in total. The maximum absolute atomic E-state index is 12.7. The van der Waals surface area contributed by atoms with Crippen LogP contribution in [0.5, 0.6) is 0 Å². The Kier molecular flexibility index (Phi) is 6.52. The number of amides is 1. The van der Waals surface area contributed by atoms with Gasteiger partial charge >= 0.3 is 0 Å². The molecular weight excluding hydrogens is 370 g/mol. The quantitative estimate of drug-likeness (QED) is 0.699. The summed E-state index contributed by atoms with van der Waals surface area (Å²) in [4.78, 5) is 19.7. The van der Waals surface area contributed by atoms with Gasteiger partial charge in [0.1, 0.15) is 0 Å². The zero-order valence-electron chi connectivity index (χ0n) is 18.7. The number of carbonyl (C=O) groups is 1. The lowest BCUT2D eigenvalue weighted by Crippen LogP contribution is -2.30. The van der Waals surface area contributed by atoms with Crippen LogP contribution in [0.3, 0.4) is 0 Å². The van der Waals surface area contributed by atoms with E-state index in [1.807, 2.05) is 31.3 Å². The topological polar surface area (TPSA) is 45.2 Å². The van der Waals surface area contributed by atoms with Gasteiger partial charge in [-0.3, -0.25) is 14.7 Å². The van der Waals surface area contributed by atoms with Gasteiger partial charge < -0.3 is 5.32 Å². The van der Waals surface area contributed by atoms with Crippen molar-refractivity contribution in [2.24, 2.45) is 11.8 Å². The Bertz CT molecular complexity index is 868. The molecule has 0 saturated heterocycles. The molecule has 0 unspecified atom stereocenters. The van der Waals surface area contributed by atoms with Crippen LogP contribution in [-0.4, -0.2) is 22.3 Å². The number of pyridine rings is 1. The highest BCUT2D eigenvalue weighted by atomic mass is 16.1. The molecule has 1 aromatic heterocycles. The molecule has 4 heteroatoms. The molecule has 0 radical (unpaired) electrons. The van der Waals surface area contributed by atoms with Gasteiger partial charge in [0.15, 0.2) is 0 Å². The summed E-state index contributed by atoms with van der Waals surface area (Å²) >= 11 is 0. The van der Waals surface area contributed by atoms with Crippen molar-refractivity contribution >= 4 is 5.91 Å². The van der Waals surface area contributed by atoms with E-state index in [2.05, 4.69) is 41.2 Å². The molecule has 0 spiro atoms. The van der Waals surface area contributed by atoms with E-state index in [-0.39, 0.29) is 5.91 Å². The van der Waals surface area contributed by atoms with Crippen LogP contribution in [0.2, 0.25) is 0 Å². The zero-order chi connectivity index (χ0) is 21.1. The fourth-order valence-electron chi connectivity index (χ4n) is 5.12. The maximum Gasteiger partial charge on any atom is 0.251 e. The average molecular weight is 406 g/mol. The van der Waals surface area contributed by atoms with Gasteiger partial charge in [0.2, 0.25) is 0 Å². The largest absolute Gasteiger partial charge is 0.346 e. The molecule has 1 amide bonds. The van der Waals surface area contributed by atoms with Crippen LogP contribution in [0.4, 0.5) is 0 Å². The van der Waals surface area contributed by atoms with Crippen molar-refractivity contribution < 1.29 is 4.79 Å². The fraction of sp³-hybridized carbons (Fsp3) is 0.538. The van der Waals surface area contributed by atoms with Crippen LogP contribution in [0, 0.1) is 18.8 Å². The second-order valence-electron chi connectivity index (χ2n) is 9.40. The minimum atomic E-state index is -0.0204. The third-order valence-electron chi connectivity index (χ3n) is 7.00. The molecule has 1 aliphatic heterocycles. The van der Waals surface area contributed by atoms with Crippen molar-refractivity contribution in [3.63, 3.8) is 0 Å². The number of nitrogens with zero attached hydrogens (tertiary/aromatic N) is 2. The third-order valence-corrected chi connectivity index (χ3v) is 7.00. The molecule has 160 valence electrons. The highest BCUT2D eigenvalue weighted by molar-refractivity contribution is 5.94. The normalized spacial score (nSPS) is 23.9. The van der Waals surface area contributed by atoms with Crippen LogP contribution in [0.1, 0.15) is 84.7 Å². The summed E-state index contributed by atoms with van der Waals surface area (Å²) in [6.07, 6.45) is 8.45. The first-order valence-electron chi connectivity index (χ1n) is 11.6. The second-order valence-corrected chi connectivity index (χ2v) is 9.40. The number of fused-ring (bicyclic) bond motifs is 1. The molecule has 0 bridgehead atoms. The number of aromatic nitrogens is 1. The molecule has 4 rings (SSSR count).